The molecule has 236 valence electrons. The maximum atomic E-state index is 14.8. The number of amides is 2. The number of nitrogens with zero attached hydrogens (tertiary/aromatic N) is 1. The molecule has 5 rings (SSSR count). The summed E-state index contributed by atoms with van der Waals surface area (Å²) >= 11 is 0. The molecule has 0 spiro atoms. The second-order valence-electron chi connectivity index (χ2n) is 11.4. The number of likely N-dealkylation sites (tertiary alicyclic amines) is 1. The van der Waals surface area contributed by atoms with Crippen LogP contribution in [-0.2, 0) is 5.54 Å². The highest BCUT2D eigenvalue weighted by molar-refractivity contribution is 5.89. The summed E-state index contributed by atoms with van der Waals surface area (Å²) in [5.41, 5.74) is -3.03. The first-order chi connectivity index (χ1) is 20.4. The monoisotopic (exact) mass is 614 g/mol. The number of nitrogens with one attached hydrogen (secondary N) is 3. The molecule has 3 aliphatic rings. The van der Waals surface area contributed by atoms with Gasteiger partial charge in [-0.05, 0) is 75.5 Å². The van der Waals surface area contributed by atoms with Crippen molar-refractivity contribution in [3.8, 4) is 11.5 Å². The molecule has 0 bridgehead atoms. The van der Waals surface area contributed by atoms with Crippen LogP contribution in [0, 0.1) is 5.92 Å². The molecule has 2 heterocycles. The fourth-order valence-electron chi connectivity index (χ4n) is 6.93. The van der Waals surface area contributed by atoms with Crippen molar-refractivity contribution in [3.05, 3.63) is 54.1 Å². The van der Waals surface area contributed by atoms with Crippen LogP contribution in [0.3, 0.4) is 0 Å². The van der Waals surface area contributed by atoms with Gasteiger partial charge in [-0.1, -0.05) is 38.0 Å². The van der Waals surface area contributed by atoms with Gasteiger partial charge in [0, 0.05) is 23.7 Å². The zero-order valence-corrected chi connectivity index (χ0v) is 23.8. The van der Waals surface area contributed by atoms with Crippen LogP contribution in [0.4, 0.5) is 36.8 Å². The number of anilines is 1. The zero-order valence-electron chi connectivity index (χ0n) is 23.8. The SMILES string of the molecule is CCN1CCC1(c1ccccc1OC1(C2CCCC2)NCCCC1NC(=O)Nc1ccc(OC(F)(F)F)cc1)C(F)(F)F. The lowest BCUT2D eigenvalue weighted by Crippen LogP contribution is -2.71. The van der Waals surface area contributed by atoms with E-state index >= 15 is 0 Å². The quantitative estimate of drug-likeness (QED) is 0.282. The minimum atomic E-state index is -4.84. The third kappa shape index (κ3) is 6.24. The molecular formula is C30H36F6N4O3. The molecule has 2 aliphatic heterocycles. The van der Waals surface area contributed by atoms with Gasteiger partial charge in [0.1, 0.15) is 17.0 Å². The summed E-state index contributed by atoms with van der Waals surface area (Å²) in [6, 6.07) is 9.83. The first kappa shape index (κ1) is 31.2. The number of carbonyl (C=O) groups is 1. The summed E-state index contributed by atoms with van der Waals surface area (Å²) in [6.45, 7) is 2.82. The Balaban J connectivity index is 1.42. The third-order valence-corrected chi connectivity index (χ3v) is 8.95. The maximum absolute atomic E-state index is 14.8. The van der Waals surface area contributed by atoms with E-state index in [1.807, 2.05) is 0 Å². The Hall–Kier alpha value is -3.19. The Morgan fingerprint density at radius 1 is 1.00 bits per heavy atom. The lowest BCUT2D eigenvalue weighted by molar-refractivity contribution is -0.274. The van der Waals surface area contributed by atoms with Gasteiger partial charge in [0.25, 0.3) is 0 Å². The zero-order chi connectivity index (χ0) is 30.9. The molecule has 2 saturated heterocycles. The Bertz CT molecular complexity index is 1270. The number of hydrogen-bond donors (Lipinski definition) is 3. The molecule has 2 aromatic rings. The number of urea groups is 1. The molecule has 0 aromatic heterocycles. The summed E-state index contributed by atoms with van der Waals surface area (Å²) in [5, 5.41) is 9.06. The Morgan fingerprint density at radius 3 is 2.30 bits per heavy atom. The third-order valence-electron chi connectivity index (χ3n) is 8.95. The van der Waals surface area contributed by atoms with E-state index in [4.69, 9.17) is 4.74 Å². The fourth-order valence-corrected chi connectivity index (χ4v) is 6.93. The smallest absolute Gasteiger partial charge is 0.470 e. The van der Waals surface area contributed by atoms with Crippen molar-refractivity contribution < 1.29 is 40.6 Å². The predicted octanol–water partition coefficient (Wildman–Crippen LogP) is 6.91. The number of ether oxygens (including phenoxy) is 2. The van der Waals surface area contributed by atoms with Gasteiger partial charge in [-0.2, -0.15) is 13.2 Å². The molecule has 1 aliphatic carbocycles. The normalized spacial score (nSPS) is 26.9. The van der Waals surface area contributed by atoms with Gasteiger partial charge in [0.05, 0.1) is 6.04 Å². The highest BCUT2D eigenvalue weighted by Crippen LogP contribution is 2.55. The number of rotatable bonds is 8. The molecule has 2 amide bonds. The van der Waals surface area contributed by atoms with Gasteiger partial charge in [-0.3, -0.25) is 10.2 Å². The second kappa shape index (κ2) is 12.1. The highest BCUT2D eigenvalue weighted by atomic mass is 19.4. The van der Waals surface area contributed by atoms with Crippen LogP contribution in [0.2, 0.25) is 0 Å². The molecular weight excluding hydrogens is 578 g/mol. The van der Waals surface area contributed by atoms with E-state index in [1.165, 1.54) is 23.1 Å². The predicted molar refractivity (Wildman–Crippen MR) is 148 cm³/mol. The number of piperidine rings is 1. The molecule has 13 heteroatoms. The number of alkyl halides is 6. The average molecular weight is 615 g/mol. The number of benzene rings is 2. The van der Waals surface area contributed by atoms with E-state index < -0.39 is 41.6 Å². The van der Waals surface area contributed by atoms with Crippen LogP contribution in [0.5, 0.6) is 11.5 Å². The molecule has 7 nitrogen and oxygen atoms in total. The Kier molecular flexibility index (Phi) is 8.77. The van der Waals surface area contributed by atoms with Crippen LogP contribution in [-0.4, -0.2) is 54.9 Å². The summed E-state index contributed by atoms with van der Waals surface area (Å²) in [5.74, 6) is -0.366. The van der Waals surface area contributed by atoms with Crippen molar-refractivity contribution in [2.75, 3.05) is 25.0 Å². The molecule has 3 fully saturated rings. The van der Waals surface area contributed by atoms with Crippen LogP contribution < -0.4 is 25.4 Å². The lowest BCUT2D eigenvalue weighted by Gasteiger charge is -2.54. The van der Waals surface area contributed by atoms with Crippen molar-refractivity contribution in [2.24, 2.45) is 5.92 Å². The molecule has 3 atom stereocenters. The second-order valence-corrected chi connectivity index (χ2v) is 11.4. The molecule has 1 saturated carbocycles. The van der Waals surface area contributed by atoms with Gasteiger partial charge >= 0.3 is 18.6 Å². The Labute approximate surface area is 246 Å². The van der Waals surface area contributed by atoms with Crippen molar-refractivity contribution in [1.82, 2.24) is 15.5 Å². The van der Waals surface area contributed by atoms with E-state index in [2.05, 4.69) is 20.7 Å². The van der Waals surface area contributed by atoms with Crippen molar-refractivity contribution in [1.29, 1.82) is 0 Å². The number of carbonyl (C=O) groups excluding carboxylic acids is 1. The van der Waals surface area contributed by atoms with E-state index in [0.29, 0.717) is 25.9 Å². The summed E-state index contributed by atoms with van der Waals surface area (Å²) < 4.78 is 92.4. The Morgan fingerprint density at radius 2 is 1.70 bits per heavy atom. The summed E-state index contributed by atoms with van der Waals surface area (Å²) in [7, 11) is 0. The number of para-hydroxylation sites is 1. The van der Waals surface area contributed by atoms with E-state index in [1.54, 1.807) is 25.1 Å². The number of halogens is 6. The molecule has 0 radical (unpaired) electrons. The molecule has 2 aromatic carbocycles. The van der Waals surface area contributed by atoms with Crippen LogP contribution in [0.15, 0.2) is 48.5 Å². The van der Waals surface area contributed by atoms with Crippen molar-refractivity contribution in [2.45, 2.75) is 81.7 Å². The highest BCUT2D eigenvalue weighted by Gasteiger charge is 2.65. The maximum Gasteiger partial charge on any atom is 0.573 e. The first-order valence-electron chi connectivity index (χ1n) is 14.7. The van der Waals surface area contributed by atoms with E-state index in [0.717, 1.165) is 37.8 Å². The minimum absolute atomic E-state index is 0.0599. The van der Waals surface area contributed by atoms with E-state index in [9.17, 15) is 31.1 Å². The lowest BCUT2D eigenvalue weighted by atomic mass is 9.76. The minimum Gasteiger partial charge on any atom is -0.470 e. The first-order valence-corrected chi connectivity index (χ1v) is 14.7. The fraction of sp³-hybridized carbons (Fsp3) is 0.567. The van der Waals surface area contributed by atoms with Gasteiger partial charge in [0.15, 0.2) is 5.72 Å². The van der Waals surface area contributed by atoms with Gasteiger partial charge in [-0.25, -0.2) is 4.79 Å². The average Bonchev–Trinajstić information content (AvgIpc) is 3.46. The van der Waals surface area contributed by atoms with Gasteiger partial charge < -0.3 is 20.1 Å². The van der Waals surface area contributed by atoms with Crippen molar-refractivity contribution in [3.63, 3.8) is 0 Å². The van der Waals surface area contributed by atoms with Gasteiger partial charge in [-0.15, -0.1) is 13.2 Å². The topological polar surface area (TPSA) is 74.9 Å². The largest absolute Gasteiger partial charge is 0.573 e. The van der Waals surface area contributed by atoms with Crippen LogP contribution >= 0.6 is 0 Å². The molecule has 43 heavy (non-hydrogen) atoms. The summed E-state index contributed by atoms with van der Waals surface area (Å²) in [6.07, 6.45) is -4.81. The molecule has 3 unspecified atom stereocenters. The number of hydrogen-bond acceptors (Lipinski definition) is 5. The molecule has 3 N–H and O–H groups in total. The van der Waals surface area contributed by atoms with Crippen LogP contribution in [0.25, 0.3) is 0 Å². The van der Waals surface area contributed by atoms with Gasteiger partial charge in [0.2, 0.25) is 0 Å². The summed E-state index contributed by atoms with van der Waals surface area (Å²) in [4.78, 5) is 14.6. The van der Waals surface area contributed by atoms with Crippen molar-refractivity contribution >= 4 is 11.7 Å². The van der Waals surface area contributed by atoms with Crippen LogP contribution in [0.1, 0.15) is 57.4 Å². The standard InChI is InChI=1S/C30H36F6N4O3/c1-2-40-19-17-27(40,29(31,32)33)23-10-5-6-11-24(23)43-28(20-8-3-4-9-20)25(12-7-18-37-28)39-26(41)38-21-13-15-22(16-14-21)42-30(34,35)36/h5-6,10-11,13-16,20,25,37H,2-4,7-9,12,17-19H2,1H3,(H2,38,39,41). The van der Waals surface area contributed by atoms with E-state index in [-0.39, 0.29) is 35.9 Å².